The highest BCUT2D eigenvalue weighted by molar-refractivity contribution is 6.30. The van der Waals surface area contributed by atoms with E-state index in [9.17, 15) is 4.79 Å². The number of ether oxygens (including phenoxy) is 1. The summed E-state index contributed by atoms with van der Waals surface area (Å²) in [5, 5.41) is 5.36. The Labute approximate surface area is 182 Å². The van der Waals surface area contributed by atoms with Crippen molar-refractivity contribution in [1.29, 1.82) is 0 Å². The molecule has 0 N–H and O–H groups in total. The van der Waals surface area contributed by atoms with Crippen LogP contribution >= 0.6 is 11.6 Å². The Morgan fingerprint density at radius 2 is 1.58 bits per heavy atom. The van der Waals surface area contributed by atoms with Gasteiger partial charge >= 0.3 is 6.01 Å². The van der Waals surface area contributed by atoms with E-state index in [-0.39, 0.29) is 11.6 Å². The summed E-state index contributed by atoms with van der Waals surface area (Å²) < 4.78 is 9.22. The van der Waals surface area contributed by atoms with Crippen molar-refractivity contribution < 1.29 is 4.74 Å². The van der Waals surface area contributed by atoms with Crippen molar-refractivity contribution in [3.8, 4) is 23.1 Å². The number of hydrogen-bond donors (Lipinski definition) is 0. The molecule has 5 rings (SSSR count). The number of aryl methyl sites for hydroxylation is 1. The van der Waals surface area contributed by atoms with E-state index in [2.05, 4.69) is 5.10 Å². The van der Waals surface area contributed by atoms with E-state index < -0.39 is 0 Å². The summed E-state index contributed by atoms with van der Waals surface area (Å²) in [4.78, 5) is 18.2. The lowest BCUT2D eigenvalue weighted by atomic mass is 10.2. The van der Waals surface area contributed by atoms with Gasteiger partial charge in [0.15, 0.2) is 5.65 Å². The Balaban J connectivity index is 1.78. The Hall–Kier alpha value is -3.90. The third kappa shape index (κ3) is 3.47. The number of nitrogens with zero attached hydrogens (tertiary/aromatic N) is 4. The average Bonchev–Trinajstić information content (AvgIpc) is 3.21. The van der Waals surface area contributed by atoms with Crippen LogP contribution in [0.2, 0.25) is 5.02 Å². The predicted octanol–water partition coefficient (Wildman–Crippen LogP) is 5.33. The third-order valence-electron chi connectivity index (χ3n) is 4.95. The molecule has 0 radical (unpaired) electrons. The molecule has 0 bridgehead atoms. The Morgan fingerprint density at radius 3 is 2.32 bits per heavy atom. The molecule has 0 fully saturated rings. The van der Waals surface area contributed by atoms with Crippen LogP contribution < -0.4 is 10.3 Å². The van der Waals surface area contributed by atoms with Crippen molar-refractivity contribution in [1.82, 2.24) is 19.3 Å². The minimum absolute atomic E-state index is 0.145. The molecule has 0 aliphatic rings. The summed E-state index contributed by atoms with van der Waals surface area (Å²) in [6.45, 7) is 1.94. The molecule has 152 valence electrons. The summed E-state index contributed by atoms with van der Waals surface area (Å²) in [6, 6.07) is 24.2. The van der Waals surface area contributed by atoms with Gasteiger partial charge in [0.1, 0.15) is 11.1 Å². The Bertz CT molecular complexity index is 1440. The third-order valence-corrected chi connectivity index (χ3v) is 5.20. The normalized spacial score (nSPS) is 11.0. The van der Waals surface area contributed by atoms with Gasteiger partial charge in [-0.3, -0.25) is 4.79 Å². The zero-order valence-electron chi connectivity index (χ0n) is 16.6. The lowest BCUT2D eigenvalue weighted by Crippen LogP contribution is -2.21. The summed E-state index contributed by atoms with van der Waals surface area (Å²) >= 11 is 6.05. The molecule has 0 amide bonds. The second-order valence-electron chi connectivity index (χ2n) is 7.01. The van der Waals surface area contributed by atoms with Crippen LogP contribution in [0.1, 0.15) is 5.56 Å². The maximum absolute atomic E-state index is 13.5. The fraction of sp³-hybridized carbons (Fsp3) is 0.0417. The van der Waals surface area contributed by atoms with Gasteiger partial charge in [0, 0.05) is 5.02 Å². The zero-order valence-corrected chi connectivity index (χ0v) is 17.3. The summed E-state index contributed by atoms with van der Waals surface area (Å²) in [6.07, 6.45) is 1.53. The SMILES string of the molecule is Cc1ccccc1Oc1nc2c(cnn2-c2ccccc2)c(=O)n1-c1ccc(Cl)cc1. The van der Waals surface area contributed by atoms with Crippen molar-refractivity contribution in [2.24, 2.45) is 0 Å². The summed E-state index contributed by atoms with van der Waals surface area (Å²) in [5.41, 5.74) is 2.47. The van der Waals surface area contributed by atoms with E-state index in [1.807, 2.05) is 61.5 Å². The molecule has 0 aliphatic heterocycles. The largest absolute Gasteiger partial charge is 0.425 e. The van der Waals surface area contributed by atoms with Gasteiger partial charge in [-0.2, -0.15) is 10.1 Å². The first kappa shape index (κ1) is 19.1. The van der Waals surface area contributed by atoms with Crippen LogP contribution in [-0.2, 0) is 0 Å². The van der Waals surface area contributed by atoms with Crippen LogP contribution in [0.4, 0.5) is 0 Å². The standard InChI is InChI=1S/C24H17ClN4O2/c1-16-7-5-6-10-21(16)31-24-27-22-20(15-26-29(22)19-8-3-2-4-9-19)23(30)28(24)18-13-11-17(25)12-14-18/h2-15H,1H3. The quantitative estimate of drug-likeness (QED) is 0.388. The molecule has 0 aliphatic carbocycles. The maximum atomic E-state index is 13.5. The highest BCUT2D eigenvalue weighted by Crippen LogP contribution is 2.27. The molecule has 0 saturated heterocycles. The zero-order chi connectivity index (χ0) is 21.4. The Kier molecular flexibility index (Phi) is 4.76. The second kappa shape index (κ2) is 7.74. The first-order valence-electron chi connectivity index (χ1n) is 9.67. The van der Waals surface area contributed by atoms with Crippen molar-refractivity contribution in [3.63, 3.8) is 0 Å². The van der Waals surface area contributed by atoms with Gasteiger partial charge in [0.05, 0.1) is 17.6 Å². The highest BCUT2D eigenvalue weighted by Gasteiger charge is 2.19. The molecule has 31 heavy (non-hydrogen) atoms. The summed E-state index contributed by atoms with van der Waals surface area (Å²) in [7, 11) is 0. The average molecular weight is 429 g/mol. The molecule has 0 spiro atoms. The monoisotopic (exact) mass is 428 g/mol. The molecule has 0 saturated carbocycles. The van der Waals surface area contributed by atoms with Gasteiger partial charge < -0.3 is 4.74 Å². The molecule has 2 heterocycles. The van der Waals surface area contributed by atoms with Crippen LogP contribution in [0, 0.1) is 6.92 Å². The fourth-order valence-electron chi connectivity index (χ4n) is 3.36. The lowest BCUT2D eigenvalue weighted by molar-refractivity contribution is 0.424. The molecule has 2 aromatic heterocycles. The maximum Gasteiger partial charge on any atom is 0.311 e. The number of benzene rings is 3. The van der Waals surface area contributed by atoms with Gasteiger partial charge in [0.25, 0.3) is 5.56 Å². The number of hydrogen-bond acceptors (Lipinski definition) is 4. The predicted molar refractivity (Wildman–Crippen MR) is 121 cm³/mol. The van der Waals surface area contributed by atoms with E-state index in [1.165, 1.54) is 10.8 Å². The van der Waals surface area contributed by atoms with Crippen LogP contribution in [-0.4, -0.2) is 19.3 Å². The first-order valence-corrected chi connectivity index (χ1v) is 10.1. The van der Waals surface area contributed by atoms with Gasteiger partial charge in [-0.15, -0.1) is 0 Å². The van der Waals surface area contributed by atoms with Gasteiger partial charge in [-0.25, -0.2) is 9.25 Å². The number of halogens is 1. The molecular weight excluding hydrogens is 412 g/mol. The lowest BCUT2D eigenvalue weighted by Gasteiger charge is -2.14. The van der Waals surface area contributed by atoms with E-state index in [0.717, 1.165) is 11.3 Å². The molecule has 0 unspecified atom stereocenters. The van der Waals surface area contributed by atoms with E-state index in [0.29, 0.717) is 27.5 Å². The van der Waals surface area contributed by atoms with Gasteiger partial charge in [-0.05, 0) is 55.0 Å². The first-order chi connectivity index (χ1) is 15.1. The van der Waals surface area contributed by atoms with Crippen LogP contribution in [0.15, 0.2) is 89.9 Å². The topological polar surface area (TPSA) is 61.9 Å². The van der Waals surface area contributed by atoms with Gasteiger partial charge in [0.2, 0.25) is 0 Å². The van der Waals surface area contributed by atoms with Crippen molar-refractivity contribution in [3.05, 3.63) is 106 Å². The molecule has 6 nitrogen and oxygen atoms in total. The molecule has 3 aromatic carbocycles. The number of para-hydroxylation sites is 2. The van der Waals surface area contributed by atoms with E-state index in [1.54, 1.807) is 28.9 Å². The van der Waals surface area contributed by atoms with Crippen molar-refractivity contribution in [2.45, 2.75) is 6.92 Å². The number of fused-ring (bicyclic) bond motifs is 1. The smallest absolute Gasteiger partial charge is 0.311 e. The highest BCUT2D eigenvalue weighted by atomic mass is 35.5. The number of aromatic nitrogens is 4. The minimum Gasteiger partial charge on any atom is -0.425 e. The van der Waals surface area contributed by atoms with E-state index in [4.69, 9.17) is 21.3 Å². The van der Waals surface area contributed by atoms with Crippen LogP contribution in [0.25, 0.3) is 22.4 Å². The van der Waals surface area contributed by atoms with E-state index >= 15 is 0 Å². The summed E-state index contributed by atoms with van der Waals surface area (Å²) in [5.74, 6) is 0.613. The van der Waals surface area contributed by atoms with Gasteiger partial charge in [-0.1, -0.05) is 48.0 Å². The second-order valence-corrected chi connectivity index (χ2v) is 7.44. The Morgan fingerprint density at radius 1 is 0.871 bits per heavy atom. The van der Waals surface area contributed by atoms with Crippen LogP contribution in [0.3, 0.4) is 0 Å². The fourth-order valence-corrected chi connectivity index (χ4v) is 3.49. The minimum atomic E-state index is -0.280. The van der Waals surface area contributed by atoms with Crippen molar-refractivity contribution in [2.75, 3.05) is 0 Å². The molecule has 0 atom stereocenters. The van der Waals surface area contributed by atoms with Crippen molar-refractivity contribution >= 4 is 22.6 Å². The molecule has 5 aromatic rings. The molecule has 7 heteroatoms. The molecular formula is C24H17ClN4O2. The number of rotatable bonds is 4. The van der Waals surface area contributed by atoms with Crippen LogP contribution in [0.5, 0.6) is 11.8 Å².